The molecule has 0 saturated carbocycles. The highest BCUT2D eigenvalue weighted by Crippen LogP contribution is 2.58. The van der Waals surface area contributed by atoms with Crippen LogP contribution in [-0.4, -0.2) is 6.17 Å². The van der Waals surface area contributed by atoms with Gasteiger partial charge in [0.15, 0.2) is 0 Å². The fraction of sp³-hybridized carbons (Fsp3) is 0.231. The van der Waals surface area contributed by atoms with E-state index in [1.54, 1.807) is 0 Å². The maximum atomic E-state index is 4.25. The second-order valence-corrected chi connectivity index (χ2v) is 8.22. The van der Waals surface area contributed by atoms with Gasteiger partial charge in [-0.15, -0.1) is 6.58 Å². The van der Waals surface area contributed by atoms with Crippen LogP contribution in [0.15, 0.2) is 85.5 Å². The first-order valence-corrected chi connectivity index (χ1v) is 10.0. The van der Waals surface area contributed by atoms with Crippen LogP contribution < -0.4 is 9.80 Å². The second kappa shape index (κ2) is 6.00. The molecule has 3 atom stereocenters. The van der Waals surface area contributed by atoms with Crippen LogP contribution in [0.1, 0.15) is 25.0 Å². The molecular weight excluding hydrogens is 340 g/mol. The third kappa shape index (κ3) is 2.09. The van der Waals surface area contributed by atoms with Crippen LogP contribution in [0.25, 0.3) is 0 Å². The Hall–Kier alpha value is -3.00. The molecule has 2 aliphatic rings. The van der Waals surface area contributed by atoms with Crippen molar-refractivity contribution in [2.45, 2.75) is 32.4 Å². The second-order valence-electron chi connectivity index (χ2n) is 8.22. The van der Waals surface area contributed by atoms with Gasteiger partial charge in [0.2, 0.25) is 0 Å². The van der Waals surface area contributed by atoms with E-state index in [0.29, 0.717) is 5.92 Å². The van der Waals surface area contributed by atoms with Crippen LogP contribution in [0, 0.1) is 12.8 Å². The fourth-order valence-electron chi connectivity index (χ4n) is 5.09. The smallest absolute Gasteiger partial charge is 0.115 e. The van der Waals surface area contributed by atoms with Crippen LogP contribution >= 0.6 is 0 Å². The summed E-state index contributed by atoms with van der Waals surface area (Å²) in [7, 11) is 0. The molecule has 0 aliphatic carbocycles. The Morgan fingerprint density at radius 3 is 1.89 bits per heavy atom. The fourth-order valence-corrected chi connectivity index (χ4v) is 5.09. The summed E-state index contributed by atoms with van der Waals surface area (Å²) in [5.41, 5.74) is 7.68. The molecule has 0 radical (unpaired) electrons. The van der Waals surface area contributed by atoms with Crippen molar-refractivity contribution in [1.29, 1.82) is 0 Å². The first kappa shape index (κ1) is 17.1. The van der Waals surface area contributed by atoms with Crippen molar-refractivity contribution >= 4 is 22.7 Å². The van der Waals surface area contributed by atoms with Gasteiger partial charge in [0.1, 0.15) is 6.17 Å². The highest BCUT2D eigenvalue weighted by Gasteiger charge is 2.51. The first-order chi connectivity index (χ1) is 13.6. The van der Waals surface area contributed by atoms with Crippen molar-refractivity contribution in [2.75, 3.05) is 9.80 Å². The molecule has 2 heterocycles. The zero-order valence-electron chi connectivity index (χ0n) is 16.8. The summed E-state index contributed by atoms with van der Waals surface area (Å²) in [5.74, 6) is 0.354. The molecule has 3 aromatic carbocycles. The zero-order valence-corrected chi connectivity index (χ0v) is 16.8. The van der Waals surface area contributed by atoms with E-state index in [-0.39, 0.29) is 11.6 Å². The van der Waals surface area contributed by atoms with Crippen molar-refractivity contribution in [1.82, 2.24) is 0 Å². The Morgan fingerprint density at radius 1 is 0.786 bits per heavy atom. The Bertz CT molecular complexity index is 1070. The number of rotatable bonds is 2. The highest BCUT2D eigenvalue weighted by atomic mass is 15.4. The van der Waals surface area contributed by atoms with Crippen molar-refractivity contribution in [3.63, 3.8) is 0 Å². The summed E-state index contributed by atoms with van der Waals surface area (Å²) in [4.78, 5) is 5.07. The summed E-state index contributed by atoms with van der Waals surface area (Å²) in [5, 5.41) is 0. The van der Waals surface area contributed by atoms with Gasteiger partial charge in [0, 0.05) is 22.7 Å². The van der Waals surface area contributed by atoms with E-state index in [2.05, 4.69) is 116 Å². The zero-order chi connectivity index (χ0) is 19.5. The molecule has 3 unspecified atom stereocenters. The SMILES string of the molecule is C=CC1(C)c2ccccc2N2c3ccccc3N(c3ccccc3C)C2C1C. The number of anilines is 4. The molecule has 5 rings (SSSR count). The van der Waals surface area contributed by atoms with Crippen molar-refractivity contribution in [3.05, 3.63) is 96.6 Å². The number of benzene rings is 3. The van der Waals surface area contributed by atoms with Gasteiger partial charge in [0.25, 0.3) is 0 Å². The Labute approximate surface area is 167 Å². The number of nitrogens with zero attached hydrogens (tertiary/aromatic N) is 2. The monoisotopic (exact) mass is 366 g/mol. The first-order valence-electron chi connectivity index (χ1n) is 10.0. The predicted molar refractivity (Wildman–Crippen MR) is 119 cm³/mol. The van der Waals surface area contributed by atoms with Gasteiger partial charge in [-0.1, -0.05) is 68.5 Å². The van der Waals surface area contributed by atoms with E-state index in [4.69, 9.17) is 0 Å². The largest absolute Gasteiger partial charge is 0.318 e. The maximum absolute atomic E-state index is 4.25. The lowest BCUT2D eigenvalue weighted by Gasteiger charge is -2.50. The average molecular weight is 367 g/mol. The van der Waals surface area contributed by atoms with E-state index in [1.165, 1.54) is 33.9 Å². The predicted octanol–water partition coefficient (Wildman–Crippen LogP) is 6.70. The normalized spacial score (nSPS) is 25.1. The third-order valence-electron chi connectivity index (χ3n) is 6.87. The van der Waals surface area contributed by atoms with E-state index in [9.17, 15) is 0 Å². The number of hydrogen-bond donors (Lipinski definition) is 0. The molecule has 2 aliphatic heterocycles. The molecule has 0 aromatic heterocycles. The van der Waals surface area contributed by atoms with E-state index >= 15 is 0 Å². The average Bonchev–Trinajstić information content (AvgIpc) is 3.07. The van der Waals surface area contributed by atoms with Gasteiger partial charge < -0.3 is 9.80 Å². The molecule has 0 saturated heterocycles. The van der Waals surface area contributed by atoms with E-state index in [0.717, 1.165) is 0 Å². The molecule has 3 aromatic rings. The molecule has 0 bridgehead atoms. The number of para-hydroxylation sites is 4. The minimum Gasteiger partial charge on any atom is -0.318 e. The van der Waals surface area contributed by atoms with Gasteiger partial charge in [-0.05, 0) is 42.3 Å². The van der Waals surface area contributed by atoms with E-state index < -0.39 is 0 Å². The minimum absolute atomic E-state index is 0.0965. The standard InChI is InChI=1S/C26H26N2/c1-5-26(4)19(3)25-27(21-14-8-6-12-18(21)2)23-16-10-11-17-24(23)28(25)22-15-9-7-13-20(22)26/h5-17,19,25H,1H2,2-4H3. The number of allylic oxidation sites excluding steroid dienone is 1. The molecule has 140 valence electrons. The molecule has 2 heteroatoms. The molecule has 0 fully saturated rings. The van der Waals surface area contributed by atoms with Crippen LogP contribution in [0.4, 0.5) is 22.7 Å². The van der Waals surface area contributed by atoms with Crippen LogP contribution in [0.2, 0.25) is 0 Å². The van der Waals surface area contributed by atoms with Crippen LogP contribution in [-0.2, 0) is 5.41 Å². The van der Waals surface area contributed by atoms with Gasteiger partial charge in [-0.25, -0.2) is 0 Å². The number of aryl methyl sites for hydroxylation is 1. The van der Waals surface area contributed by atoms with Gasteiger partial charge in [0.05, 0.1) is 11.4 Å². The summed E-state index contributed by atoms with van der Waals surface area (Å²) >= 11 is 0. The molecule has 28 heavy (non-hydrogen) atoms. The number of fused-ring (bicyclic) bond motifs is 5. The molecule has 0 N–H and O–H groups in total. The van der Waals surface area contributed by atoms with E-state index in [1.807, 2.05) is 0 Å². The molecule has 0 amide bonds. The summed E-state index contributed by atoms with van der Waals surface area (Å²) in [6, 6.07) is 26.3. The quantitative estimate of drug-likeness (QED) is 0.465. The van der Waals surface area contributed by atoms with Crippen LogP contribution in [0.5, 0.6) is 0 Å². The van der Waals surface area contributed by atoms with Crippen molar-refractivity contribution in [2.24, 2.45) is 5.92 Å². The van der Waals surface area contributed by atoms with Crippen molar-refractivity contribution in [3.8, 4) is 0 Å². The lowest BCUT2D eigenvalue weighted by Crippen LogP contribution is -2.54. The van der Waals surface area contributed by atoms with Gasteiger partial charge >= 0.3 is 0 Å². The lowest BCUT2D eigenvalue weighted by molar-refractivity contribution is 0.313. The van der Waals surface area contributed by atoms with Crippen molar-refractivity contribution < 1.29 is 0 Å². The minimum atomic E-state index is -0.0965. The molecular formula is C26H26N2. The third-order valence-corrected chi connectivity index (χ3v) is 6.87. The Balaban J connectivity index is 1.82. The Kier molecular flexibility index (Phi) is 3.67. The lowest BCUT2D eigenvalue weighted by atomic mass is 9.67. The maximum Gasteiger partial charge on any atom is 0.115 e. The van der Waals surface area contributed by atoms with Gasteiger partial charge in [-0.2, -0.15) is 0 Å². The summed E-state index contributed by atoms with van der Waals surface area (Å²) in [6.07, 6.45) is 2.35. The summed E-state index contributed by atoms with van der Waals surface area (Å²) in [6.45, 7) is 11.2. The molecule has 2 nitrogen and oxygen atoms in total. The van der Waals surface area contributed by atoms with Crippen LogP contribution in [0.3, 0.4) is 0 Å². The highest BCUT2D eigenvalue weighted by molar-refractivity contribution is 5.91. The topological polar surface area (TPSA) is 6.48 Å². The van der Waals surface area contributed by atoms with Gasteiger partial charge in [-0.3, -0.25) is 0 Å². The summed E-state index contributed by atoms with van der Waals surface area (Å²) < 4.78 is 0. The molecule has 0 spiro atoms. The Morgan fingerprint density at radius 2 is 1.29 bits per heavy atom. The number of hydrogen-bond acceptors (Lipinski definition) is 2.